The zero-order valence-corrected chi connectivity index (χ0v) is 17.0. The molecule has 0 saturated heterocycles. The Kier molecular flexibility index (Phi) is 6.89. The minimum absolute atomic E-state index is 0.146. The van der Waals surface area contributed by atoms with Crippen LogP contribution < -0.4 is 10.7 Å². The third kappa shape index (κ3) is 5.06. The average molecular weight is 496 g/mol. The molecule has 7 heteroatoms. The summed E-state index contributed by atoms with van der Waals surface area (Å²) in [6.07, 6.45) is 4.56. The van der Waals surface area contributed by atoms with Crippen LogP contribution in [0.4, 0.5) is 5.69 Å². The lowest BCUT2D eigenvalue weighted by molar-refractivity contribution is -0.119. The SMILES string of the molecule is CC1CCCCC1=NNC(=O)CNc1c(Br)cc(Br)cc1Br. The molecule has 1 aromatic rings. The second-order valence-corrected chi connectivity index (χ2v) is 8.01. The maximum atomic E-state index is 11.9. The van der Waals surface area contributed by atoms with Crippen LogP contribution in [0, 0.1) is 5.92 Å². The zero-order chi connectivity index (χ0) is 16.1. The van der Waals surface area contributed by atoms with Crippen molar-refractivity contribution >= 4 is 65.1 Å². The predicted octanol–water partition coefficient (Wildman–Crippen LogP) is 5.07. The Labute approximate surface area is 155 Å². The van der Waals surface area contributed by atoms with Gasteiger partial charge in [0.1, 0.15) is 0 Å². The third-order valence-electron chi connectivity index (χ3n) is 3.65. The van der Waals surface area contributed by atoms with E-state index in [-0.39, 0.29) is 12.5 Å². The number of nitrogens with zero attached hydrogens (tertiary/aromatic N) is 1. The van der Waals surface area contributed by atoms with Crippen molar-refractivity contribution in [2.24, 2.45) is 11.0 Å². The molecular formula is C15H18Br3N3O. The second-order valence-electron chi connectivity index (χ2n) is 5.38. The first kappa shape index (κ1) is 17.9. The number of benzene rings is 1. The smallest absolute Gasteiger partial charge is 0.259 e. The molecule has 2 N–H and O–H groups in total. The molecular weight excluding hydrogens is 478 g/mol. The van der Waals surface area contributed by atoms with Crippen LogP contribution in [0.1, 0.15) is 32.6 Å². The fraction of sp³-hybridized carbons (Fsp3) is 0.467. The number of carbonyl (C=O) groups is 1. The highest BCUT2D eigenvalue weighted by molar-refractivity contribution is 9.11. The number of nitrogens with one attached hydrogen (secondary N) is 2. The van der Waals surface area contributed by atoms with Gasteiger partial charge in [-0.2, -0.15) is 5.10 Å². The summed E-state index contributed by atoms with van der Waals surface area (Å²) in [5, 5.41) is 7.39. The normalized spacial score (nSPS) is 20.0. The fourth-order valence-electron chi connectivity index (χ4n) is 2.39. The Morgan fingerprint density at radius 1 is 1.27 bits per heavy atom. The van der Waals surface area contributed by atoms with Crippen molar-refractivity contribution in [3.63, 3.8) is 0 Å². The molecule has 1 atom stereocenters. The van der Waals surface area contributed by atoms with Gasteiger partial charge in [-0.3, -0.25) is 4.79 Å². The number of hydrogen-bond donors (Lipinski definition) is 2. The molecule has 0 aliphatic heterocycles. The summed E-state index contributed by atoms with van der Waals surface area (Å²) >= 11 is 10.4. The van der Waals surface area contributed by atoms with Gasteiger partial charge in [-0.15, -0.1) is 0 Å². The molecule has 0 spiro atoms. The van der Waals surface area contributed by atoms with Gasteiger partial charge in [-0.05, 0) is 69.2 Å². The highest BCUT2D eigenvalue weighted by Crippen LogP contribution is 2.34. The number of anilines is 1. The number of rotatable bonds is 4. The topological polar surface area (TPSA) is 53.5 Å². The first-order valence-electron chi connectivity index (χ1n) is 7.21. The first-order valence-corrected chi connectivity index (χ1v) is 9.59. The van der Waals surface area contributed by atoms with Crippen LogP contribution >= 0.6 is 47.8 Å². The van der Waals surface area contributed by atoms with E-state index in [2.05, 4.69) is 70.6 Å². The van der Waals surface area contributed by atoms with Crippen molar-refractivity contribution in [3.8, 4) is 0 Å². The van der Waals surface area contributed by atoms with E-state index in [0.717, 1.165) is 44.1 Å². The van der Waals surface area contributed by atoms with Crippen molar-refractivity contribution in [1.82, 2.24) is 5.43 Å². The van der Waals surface area contributed by atoms with Gasteiger partial charge in [0.2, 0.25) is 0 Å². The fourth-order valence-corrected chi connectivity index (χ4v) is 4.93. The number of hydrogen-bond acceptors (Lipinski definition) is 3. The Morgan fingerprint density at radius 2 is 1.95 bits per heavy atom. The van der Waals surface area contributed by atoms with Gasteiger partial charge in [0, 0.05) is 19.1 Å². The third-order valence-corrected chi connectivity index (χ3v) is 5.35. The summed E-state index contributed by atoms with van der Waals surface area (Å²) in [4.78, 5) is 11.9. The van der Waals surface area contributed by atoms with Crippen LogP contribution in [0.5, 0.6) is 0 Å². The van der Waals surface area contributed by atoms with Gasteiger partial charge in [0.15, 0.2) is 0 Å². The summed E-state index contributed by atoms with van der Waals surface area (Å²) in [6, 6.07) is 3.85. The summed E-state index contributed by atoms with van der Waals surface area (Å²) in [7, 11) is 0. The molecule has 1 fully saturated rings. The summed E-state index contributed by atoms with van der Waals surface area (Å²) in [5.74, 6) is 0.323. The van der Waals surface area contributed by atoms with Gasteiger partial charge < -0.3 is 5.32 Å². The zero-order valence-electron chi connectivity index (χ0n) is 12.3. The van der Waals surface area contributed by atoms with E-state index in [9.17, 15) is 4.79 Å². The van der Waals surface area contributed by atoms with E-state index in [1.54, 1.807) is 0 Å². The summed E-state index contributed by atoms with van der Waals surface area (Å²) in [6.45, 7) is 2.34. The van der Waals surface area contributed by atoms with Gasteiger partial charge in [0.05, 0.1) is 12.2 Å². The van der Waals surface area contributed by atoms with Gasteiger partial charge in [-0.1, -0.05) is 29.3 Å². The minimum atomic E-state index is -0.146. The molecule has 1 aliphatic rings. The van der Waals surface area contributed by atoms with E-state index in [4.69, 9.17) is 0 Å². The lowest BCUT2D eigenvalue weighted by atomic mass is 9.89. The van der Waals surface area contributed by atoms with Gasteiger partial charge >= 0.3 is 0 Å². The van der Waals surface area contributed by atoms with Crippen LogP contribution in [0.2, 0.25) is 0 Å². The van der Waals surface area contributed by atoms with E-state index in [0.29, 0.717) is 5.92 Å². The molecule has 1 saturated carbocycles. The molecule has 0 aromatic heterocycles. The largest absolute Gasteiger partial charge is 0.374 e. The molecule has 120 valence electrons. The Balaban J connectivity index is 1.89. The van der Waals surface area contributed by atoms with E-state index in [1.165, 1.54) is 6.42 Å². The molecule has 0 bridgehead atoms. The lowest BCUT2D eigenvalue weighted by Gasteiger charge is -2.19. The number of halogens is 3. The monoisotopic (exact) mass is 493 g/mol. The van der Waals surface area contributed by atoms with E-state index < -0.39 is 0 Å². The molecule has 1 amide bonds. The molecule has 22 heavy (non-hydrogen) atoms. The van der Waals surface area contributed by atoms with Crippen molar-refractivity contribution in [3.05, 3.63) is 25.6 Å². The second kappa shape index (κ2) is 8.45. The van der Waals surface area contributed by atoms with Crippen LogP contribution in [0.15, 0.2) is 30.7 Å². The molecule has 1 unspecified atom stereocenters. The lowest BCUT2D eigenvalue weighted by Crippen LogP contribution is -2.29. The minimum Gasteiger partial charge on any atom is -0.374 e. The van der Waals surface area contributed by atoms with Crippen LogP contribution in [0.3, 0.4) is 0 Å². The molecule has 1 aliphatic carbocycles. The Hall–Kier alpha value is -0.400. The van der Waals surface area contributed by atoms with E-state index >= 15 is 0 Å². The van der Waals surface area contributed by atoms with Crippen LogP contribution in [0.25, 0.3) is 0 Å². The molecule has 0 radical (unpaired) electrons. The van der Waals surface area contributed by atoms with Crippen molar-refractivity contribution in [1.29, 1.82) is 0 Å². The maximum Gasteiger partial charge on any atom is 0.259 e. The molecule has 4 nitrogen and oxygen atoms in total. The number of hydrazone groups is 1. The predicted molar refractivity (Wildman–Crippen MR) is 101 cm³/mol. The standard InChI is InChI=1S/C15H18Br3N3O/c1-9-4-2-3-5-13(9)20-21-14(22)8-19-15-11(17)6-10(16)7-12(15)18/h6-7,9,19H,2-5,8H2,1H3,(H,21,22). The molecule has 0 heterocycles. The number of amides is 1. The highest BCUT2D eigenvalue weighted by Gasteiger charge is 2.16. The van der Waals surface area contributed by atoms with Crippen molar-refractivity contribution in [2.75, 3.05) is 11.9 Å². The first-order chi connectivity index (χ1) is 10.5. The van der Waals surface area contributed by atoms with Gasteiger partial charge in [-0.25, -0.2) is 5.43 Å². The van der Waals surface area contributed by atoms with Crippen LogP contribution in [-0.4, -0.2) is 18.2 Å². The highest BCUT2D eigenvalue weighted by atomic mass is 79.9. The molecule has 1 aromatic carbocycles. The summed E-state index contributed by atoms with van der Waals surface area (Å²) in [5.41, 5.74) is 4.60. The van der Waals surface area contributed by atoms with Crippen molar-refractivity contribution in [2.45, 2.75) is 32.6 Å². The average Bonchev–Trinajstić information content (AvgIpc) is 2.45. The maximum absolute atomic E-state index is 11.9. The quantitative estimate of drug-likeness (QED) is 0.573. The molecule has 2 rings (SSSR count). The summed E-state index contributed by atoms with van der Waals surface area (Å²) < 4.78 is 2.72. The van der Waals surface area contributed by atoms with Crippen molar-refractivity contribution < 1.29 is 4.79 Å². The van der Waals surface area contributed by atoms with Gasteiger partial charge in [0.25, 0.3) is 5.91 Å². The Morgan fingerprint density at radius 3 is 2.59 bits per heavy atom. The van der Waals surface area contributed by atoms with E-state index in [1.807, 2.05) is 12.1 Å². The Bertz CT molecular complexity index is 566. The van der Waals surface area contributed by atoms with Crippen LogP contribution in [-0.2, 0) is 4.79 Å². The number of carbonyl (C=O) groups excluding carboxylic acids is 1.